The van der Waals surface area contributed by atoms with Gasteiger partial charge in [0, 0.05) is 0 Å². The van der Waals surface area contributed by atoms with Gasteiger partial charge in [0.1, 0.15) is 0 Å². The molecule has 0 bridgehead atoms. The molecule has 0 heterocycles. The van der Waals surface area contributed by atoms with Crippen molar-refractivity contribution in [3.05, 3.63) is 42.5 Å². The summed E-state index contributed by atoms with van der Waals surface area (Å²) in [6.07, 6.45) is 1.83. The minimum Gasteiger partial charge on any atom is -0.870 e. The Morgan fingerprint density at radius 2 is 1.33 bits per heavy atom. The van der Waals surface area contributed by atoms with E-state index in [9.17, 15) is 0 Å². The van der Waals surface area contributed by atoms with Crippen LogP contribution in [0.3, 0.4) is 0 Å². The van der Waals surface area contributed by atoms with E-state index in [0.717, 1.165) is 0 Å². The van der Waals surface area contributed by atoms with E-state index in [1.54, 1.807) is 0 Å². The molecule has 4 heteroatoms. The summed E-state index contributed by atoms with van der Waals surface area (Å²) in [4.78, 5) is 0. The molecule has 0 atom stereocenters. The van der Waals surface area contributed by atoms with Gasteiger partial charge in [-0.25, -0.2) is 0 Å². The summed E-state index contributed by atoms with van der Waals surface area (Å²) in [5.41, 5.74) is 1.17. The second-order valence-electron chi connectivity index (χ2n) is 1.61. The second kappa shape index (κ2) is 13.0. The van der Waals surface area contributed by atoms with Gasteiger partial charge in [-0.2, -0.15) is 0 Å². The van der Waals surface area contributed by atoms with Crippen LogP contribution in [0.2, 0.25) is 0 Å². The number of hydrogen-bond acceptors (Lipinski definition) is 3. The summed E-state index contributed by atoms with van der Waals surface area (Å²) in [5.74, 6) is 0. The van der Waals surface area contributed by atoms with Gasteiger partial charge in [-0.15, -0.1) is 0 Å². The van der Waals surface area contributed by atoms with Crippen LogP contribution in [0, 0.1) is 0 Å². The molecule has 0 aliphatic heterocycles. The molecule has 1 rings (SSSR count). The van der Waals surface area contributed by atoms with Crippen molar-refractivity contribution in [2.75, 3.05) is 0 Å². The van der Waals surface area contributed by atoms with Gasteiger partial charge in [0.15, 0.2) is 0 Å². The van der Waals surface area contributed by atoms with Gasteiger partial charge in [-0.1, -0.05) is 43.0 Å². The van der Waals surface area contributed by atoms with Crippen LogP contribution in [0.5, 0.6) is 0 Å². The molecule has 3 nitrogen and oxygen atoms in total. The molecule has 0 radical (unpaired) electrons. The molecule has 1 aromatic carbocycles. The normalized spacial score (nSPS) is 5.67. The van der Waals surface area contributed by atoms with Crippen LogP contribution in [0.1, 0.15) is 5.56 Å². The fraction of sp³-hybridized carbons (Fsp3) is 0. The zero-order chi connectivity index (χ0) is 5.82. The Bertz CT molecular complexity index is 177. The second-order valence-corrected chi connectivity index (χ2v) is 1.61. The molecule has 0 fully saturated rings. The third-order valence-corrected chi connectivity index (χ3v) is 1.04. The summed E-state index contributed by atoms with van der Waals surface area (Å²) in [7, 11) is 0. The Balaban J connectivity index is -0.0000000800. The van der Waals surface area contributed by atoms with Gasteiger partial charge in [0.05, 0.1) is 0 Å². The fourth-order valence-corrected chi connectivity index (χ4v) is 0.589. The smallest absolute Gasteiger partial charge is 0.870 e. The van der Waals surface area contributed by atoms with Gasteiger partial charge >= 0.3 is 17.4 Å². The van der Waals surface area contributed by atoms with Gasteiger partial charge in [0.2, 0.25) is 0 Å². The van der Waals surface area contributed by atoms with E-state index in [-0.39, 0.29) is 33.8 Å². The van der Waals surface area contributed by atoms with Crippen molar-refractivity contribution < 1.29 is 16.4 Å². The topological polar surface area (TPSA) is 90.0 Å². The molecule has 0 amide bonds. The molecule has 0 spiro atoms. The van der Waals surface area contributed by atoms with Crippen LogP contribution in [-0.2, 0) is 0 Å². The monoisotopic (exact) mass is 182 g/mol. The molecule has 0 saturated carbocycles. The van der Waals surface area contributed by atoms with Crippen LogP contribution >= 0.6 is 0 Å². The zero-order valence-electron chi connectivity index (χ0n) is 6.59. The zero-order valence-corrected chi connectivity index (χ0v) is 7.74. The van der Waals surface area contributed by atoms with Crippen molar-refractivity contribution in [3.63, 3.8) is 0 Å². The first-order chi connectivity index (χ1) is 3.93. The number of rotatable bonds is 1. The quantitative estimate of drug-likeness (QED) is 0.615. The van der Waals surface area contributed by atoms with Crippen LogP contribution in [-0.4, -0.2) is 33.8 Å². The molecule has 3 N–H and O–H groups in total. The van der Waals surface area contributed by atoms with Crippen LogP contribution < -0.4 is 0 Å². The Labute approximate surface area is 82.8 Å². The average Bonchev–Trinajstić information content (AvgIpc) is 1.90. The maximum Gasteiger partial charge on any atom is 3.00 e. The first-order valence-corrected chi connectivity index (χ1v) is 2.61. The van der Waals surface area contributed by atoms with Gasteiger partial charge in [-0.05, 0) is 5.56 Å². The predicted octanol–water partition coefficient (Wildman–Crippen LogP) is 1.42. The van der Waals surface area contributed by atoms with E-state index in [2.05, 4.69) is 6.58 Å². The van der Waals surface area contributed by atoms with Crippen molar-refractivity contribution >= 4 is 23.4 Å². The Morgan fingerprint density at radius 3 is 1.58 bits per heavy atom. The minimum atomic E-state index is 0. The van der Waals surface area contributed by atoms with Gasteiger partial charge in [0.25, 0.3) is 0 Å². The molecular formula is C8H11AlO3. The summed E-state index contributed by atoms with van der Waals surface area (Å²) in [5, 5.41) is 0. The molecule has 0 aliphatic rings. The molecule has 0 aromatic heterocycles. The van der Waals surface area contributed by atoms with E-state index in [0.29, 0.717) is 0 Å². The molecular weight excluding hydrogens is 171 g/mol. The molecule has 0 saturated heterocycles. The van der Waals surface area contributed by atoms with Gasteiger partial charge < -0.3 is 16.4 Å². The van der Waals surface area contributed by atoms with Crippen LogP contribution in [0.25, 0.3) is 6.08 Å². The van der Waals surface area contributed by atoms with E-state index < -0.39 is 0 Å². The Kier molecular flexibility index (Phi) is 24.4. The molecule has 1 aromatic rings. The SMILES string of the molecule is C=Cc1ccccc1.[Al+3].[OH-].[OH-].[OH-]. The average molecular weight is 182 g/mol. The Morgan fingerprint density at radius 1 is 0.917 bits per heavy atom. The maximum absolute atomic E-state index is 3.63. The third kappa shape index (κ3) is 7.48. The minimum absolute atomic E-state index is 0. The largest absolute Gasteiger partial charge is 3.00 e. The van der Waals surface area contributed by atoms with Crippen molar-refractivity contribution in [2.24, 2.45) is 0 Å². The first-order valence-electron chi connectivity index (χ1n) is 2.61. The maximum atomic E-state index is 3.63. The van der Waals surface area contributed by atoms with E-state index in [1.807, 2.05) is 36.4 Å². The van der Waals surface area contributed by atoms with Crippen LogP contribution in [0.15, 0.2) is 36.9 Å². The summed E-state index contributed by atoms with van der Waals surface area (Å²) >= 11 is 0. The van der Waals surface area contributed by atoms with Crippen molar-refractivity contribution in [1.29, 1.82) is 0 Å². The third-order valence-electron chi connectivity index (χ3n) is 1.04. The van der Waals surface area contributed by atoms with Crippen molar-refractivity contribution in [1.82, 2.24) is 0 Å². The number of hydrogen-bond donors (Lipinski definition) is 0. The molecule has 0 unspecified atom stereocenters. The van der Waals surface area contributed by atoms with Crippen molar-refractivity contribution in [3.8, 4) is 0 Å². The molecule has 12 heavy (non-hydrogen) atoms. The number of benzene rings is 1. The van der Waals surface area contributed by atoms with Crippen LogP contribution in [0.4, 0.5) is 0 Å². The summed E-state index contributed by atoms with van der Waals surface area (Å²) < 4.78 is 0. The Hall–Kier alpha value is -0.628. The van der Waals surface area contributed by atoms with Gasteiger partial charge in [-0.3, -0.25) is 0 Å². The summed E-state index contributed by atoms with van der Waals surface area (Å²) in [6, 6.07) is 10.0. The first kappa shape index (κ1) is 22.5. The van der Waals surface area contributed by atoms with Crippen molar-refractivity contribution in [2.45, 2.75) is 0 Å². The fourth-order valence-electron chi connectivity index (χ4n) is 0.589. The molecule has 64 valence electrons. The van der Waals surface area contributed by atoms with E-state index in [4.69, 9.17) is 0 Å². The van der Waals surface area contributed by atoms with E-state index >= 15 is 0 Å². The molecule has 0 aliphatic carbocycles. The standard InChI is InChI=1S/C8H8.Al.3H2O/c1-2-8-6-4-3-5-7-8;;;;/h2-7H,1H2;;3*1H2/q;+3;;;/p-3. The van der Waals surface area contributed by atoms with E-state index in [1.165, 1.54) is 5.56 Å². The summed E-state index contributed by atoms with van der Waals surface area (Å²) in [6.45, 7) is 3.63. The predicted molar refractivity (Wildman–Crippen MR) is 48.1 cm³/mol.